The number of hydrogen-bond donors (Lipinski definition) is 1. The summed E-state index contributed by atoms with van der Waals surface area (Å²) in [5.74, 6) is 0. The number of rotatable bonds is 0. The van der Waals surface area contributed by atoms with Gasteiger partial charge >= 0.3 is 0 Å². The van der Waals surface area contributed by atoms with E-state index < -0.39 is 0 Å². The van der Waals surface area contributed by atoms with Crippen LogP contribution < -0.4 is 5.56 Å². The van der Waals surface area contributed by atoms with Gasteiger partial charge < -0.3 is 4.98 Å². The van der Waals surface area contributed by atoms with Crippen molar-refractivity contribution in [2.75, 3.05) is 0 Å². The van der Waals surface area contributed by atoms with E-state index in [1.165, 1.54) is 6.33 Å². The quantitative estimate of drug-likeness (QED) is 0.598. The average Bonchev–Trinajstić information content (AvgIpc) is 2.04. The Kier molecular flexibility index (Phi) is 1.51. The molecule has 0 unspecified atom stereocenters. The maximum absolute atomic E-state index is 10.8. The fraction of sp³-hybridized carbons (Fsp3) is 0. The molecule has 0 atom stereocenters. The maximum atomic E-state index is 10.8. The second kappa shape index (κ2) is 2.53. The van der Waals surface area contributed by atoms with Crippen molar-refractivity contribution < 1.29 is 0 Å². The zero-order chi connectivity index (χ0) is 8.55. The van der Waals surface area contributed by atoms with E-state index in [1.807, 2.05) is 0 Å². The molecule has 6 heteroatoms. The van der Waals surface area contributed by atoms with Gasteiger partial charge in [0.05, 0.1) is 6.20 Å². The molecule has 0 saturated carbocycles. The lowest BCUT2D eigenvalue weighted by atomic mass is 10.5. The monoisotopic (exact) mass is 182 g/mol. The van der Waals surface area contributed by atoms with Crippen molar-refractivity contribution in [2.45, 2.75) is 0 Å². The summed E-state index contributed by atoms with van der Waals surface area (Å²) in [6, 6.07) is 0. The summed E-state index contributed by atoms with van der Waals surface area (Å²) in [6.07, 6.45) is 2.40. The summed E-state index contributed by atoms with van der Waals surface area (Å²) in [7, 11) is 0. The van der Waals surface area contributed by atoms with E-state index >= 15 is 0 Å². The summed E-state index contributed by atoms with van der Waals surface area (Å²) < 4.78 is 0. The van der Waals surface area contributed by atoms with Gasteiger partial charge in [-0.25, -0.2) is 15.0 Å². The molecular formula is C6H3ClN4O. The minimum Gasteiger partial charge on any atom is -0.304 e. The molecule has 0 aliphatic rings. The van der Waals surface area contributed by atoms with Gasteiger partial charge in [0.25, 0.3) is 5.56 Å². The Labute approximate surface area is 71.5 Å². The van der Waals surface area contributed by atoms with E-state index in [2.05, 4.69) is 19.9 Å². The summed E-state index contributed by atoms with van der Waals surface area (Å²) in [5, 5.41) is 0.233. The van der Waals surface area contributed by atoms with Crippen molar-refractivity contribution in [1.29, 1.82) is 0 Å². The topological polar surface area (TPSA) is 71.5 Å². The number of aromatic nitrogens is 4. The van der Waals surface area contributed by atoms with Crippen LogP contribution in [-0.2, 0) is 0 Å². The molecule has 2 aromatic heterocycles. The van der Waals surface area contributed by atoms with E-state index in [9.17, 15) is 4.79 Å². The van der Waals surface area contributed by atoms with Crippen LogP contribution in [0.25, 0.3) is 11.2 Å². The van der Waals surface area contributed by atoms with Gasteiger partial charge in [-0.1, -0.05) is 11.6 Å². The molecule has 0 bridgehead atoms. The molecule has 60 valence electrons. The molecule has 2 aromatic rings. The van der Waals surface area contributed by atoms with Crippen LogP contribution in [-0.4, -0.2) is 19.9 Å². The average molecular weight is 183 g/mol. The lowest BCUT2D eigenvalue weighted by Gasteiger charge is -1.94. The molecule has 5 nitrogen and oxygen atoms in total. The zero-order valence-electron chi connectivity index (χ0n) is 5.78. The van der Waals surface area contributed by atoms with E-state index in [-0.39, 0.29) is 10.7 Å². The van der Waals surface area contributed by atoms with Crippen molar-refractivity contribution in [3.8, 4) is 0 Å². The SMILES string of the molecule is O=c1cnc2c(Cl)ncnc2[nH]1. The van der Waals surface area contributed by atoms with Gasteiger partial charge in [-0.3, -0.25) is 4.79 Å². The van der Waals surface area contributed by atoms with E-state index in [0.29, 0.717) is 11.2 Å². The fourth-order valence-corrected chi connectivity index (χ4v) is 1.02. The Morgan fingerprint density at radius 2 is 2.17 bits per heavy atom. The van der Waals surface area contributed by atoms with Crippen molar-refractivity contribution in [2.24, 2.45) is 0 Å². The highest BCUT2D eigenvalue weighted by molar-refractivity contribution is 6.33. The molecule has 0 aliphatic carbocycles. The molecule has 2 rings (SSSR count). The Morgan fingerprint density at radius 3 is 3.00 bits per heavy atom. The van der Waals surface area contributed by atoms with Crippen LogP contribution in [0, 0.1) is 0 Å². The van der Waals surface area contributed by atoms with Crippen LogP contribution in [0.15, 0.2) is 17.3 Å². The van der Waals surface area contributed by atoms with Crippen LogP contribution in [0.3, 0.4) is 0 Å². The van der Waals surface area contributed by atoms with Crippen LogP contribution in [0.5, 0.6) is 0 Å². The number of nitrogens with one attached hydrogen (secondary N) is 1. The van der Waals surface area contributed by atoms with Crippen molar-refractivity contribution in [1.82, 2.24) is 19.9 Å². The lowest BCUT2D eigenvalue weighted by Crippen LogP contribution is -2.06. The highest BCUT2D eigenvalue weighted by Gasteiger charge is 2.01. The standard InChI is InChI=1S/C6H3ClN4O/c7-5-4-6(10-2-9-5)11-3(12)1-8-4/h1-2H,(H,9,10,11,12). The molecule has 0 fully saturated rings. The predicted molar refractivity (Wildman–Crippen MR) is 43.0 cm³/mol. The van der Waals surface area contributed by atoms with Gasteiger partial charge in [0.2, 0.25) is 0 Å². The molecule has 12 heavy (non-hydrogen) atoms. The summed E-state index contributed by atoms with van der Waals surface area (Å²) in [4.78, 5) is 24.5. The minimum absolute atomic E-state index is 0.233. The van der Waals surface area contributed by atoms with E-state index in [4.69, 9.17) is 11.6 Å². The molecule has 1 N–H and O–H groups in total. The number of hydrogen-bond acceptors (Lipinski definition) is 4. The van der Waals surface area contributed by atoms with Gasteiger partial charge in [0, 0.05) is 0 Å². The van der Waals surface area contributed by atoms with E-state index in [0.717, 1.165) is 6.20 Å². The minimum atomic E-state index is -0.308. The molecule has 2 heterocycles. The highest BCUT2D eigenvalue weighted by Crippen LogP contribution is 2.11. The number of fused-ring (bicyclic) bond motifs is 1. The Balaban J connectivity index is 2.96. The van der Waals surface area contributed by atoms with Gasteiger partial charge in [0.15, 0.2) is 10.8 Å². The molecule has 0 aromatic carbocycles. The first-order valence-electron chi connectivity index (χ1n) is 3.13. The van der Waals surface area contributed by atoms with Crippen molar-refractivity contribution in [3.05, 3.63) is 28.0 Å². The summed E-state index contributed by atoms with van der Waals surface area (Å²) in [5.41, 5.74) is 0.443. The molecule has 0 spiro atoms. The Bertz CT molecular complexity index is 480. The molecular weight excluding hydrogens is 180 g/mol. The summed E-state index contributed by atoms with van der Waals surface area (Å²) in [6.45, 7) is 0. The van der Waals surface area contributed by atoms with Gasteiger partial charge in [-0.15, -0.1) is 0 Å². The molecule has 0 aliphatic heterocycles. The molecule has 0 radical (unpaired) electrons. The second-order valence-corrected chi connectivity index (χ2v) is 2.47. The third-order valence-electron chi connectivity index (χ3n) is 1.33. The summed E-state index contributed by atoms with van der Waals surface area (Å²) >= 11 is 5.67. The normalized spacial score (nSPS) is 10.4. The first kappa shape index (κ1) is 7.17. The van der Waals surface area contributed by atoms with Gasteiger partial charge in [-0.2, -0.15) is 0 Å². The number of aromatic amines is 1. The van der Waals surface area contributed by atoms with Gasteiger partial charge in [-0.05, 0) is 0 Å². The number of nitrogens with zero attached hydrogens (tertiary/aromatic N) is 3. The third kappa shape index (κ3) is 1.04. The molecule has 0 saturated heterocycles. The fourth-order valence-electron chi connectivity index (χ4n) is 0.835. The lowest BCUT2D eigenvalue weighted by molar-refractivity contribution is 1.12. The van der Waals surface area contributed by atoms with E-state index in [1.54, 1.807) is 0 Å². The van der Waals surface area contributed by atoms with Crippen molar-refractivity contribution >= 4 is 22.8 Å². The predicted octanol–water partition coefficient (Wildman–Crippen LogP) is 0.366. The zero-order valence-corrected chi connectivity index (χ0v) is 6.54. The first-order valence-corrected chi connectivity index (χ1v) is 3.51. The van der Waals surface area contributed by atoms with Crippen molar-refractivity contribution in [3.63, 3.8) is 0 Å². The number of halogens is 1. The Morgan fingerprint density at radius 1 is 1.33 bits per heavy atom. The smallest absolute Gasteiger partial charge is 0.268 e. The highest BCUT2D eigenvalue weighted by atomic mass is 35.5. The first-order chi connectivity index (χ1) is 5.77. The van der Waals surface area contributed by atoms with Crippen LogP contribution in [0.2, 0.25) is 5.15 Å². The van der Waals surface area contributed by atoms with Crippen LogP contribution in [0.4, 0.5) is 0 Å². The third-order valence-corrected chi connectivity index (χ3v) is 1.61. The maximum Gasteiger partial charge on any atom is 0.268 e. The Hall–Kier alpha value is -1.49. The number of H-pyrrole nitrogens is 1. The molecule has 0 amide bonds. The van der Waals surface area contributed by atoms with Crippen LogP contribution in [0.1, 0.15) is 0 Å². The van der Waals surface area contributed by atoms with Crippen LogP contribution >= 0.6 is 11.6 Å². The van der Waals surface area contributed by atoms with Gasteiger partial charge in [0.1, 0.15) is 11.8 Å². The largest absolute Gasteiger partial charge is 0.304 e. The second-order valence-electron chi connectivity index (χ2n) is 2.11.